The van der Waals surface area contributed by atoms with Crippen LogP contribution in [0.4, 0.5) is 5.69 Å². The molecule has 0 bridgehead atoms. The Kier molecular flexibility index (Phi) is 5.67. The van der Waals surface area contributed by atoms with Gasteiger partial charge in [-0.1, -0.05) is 13.8 Å². The van der Waals surface area contributed by atoms with Crippen molar-refractivity contribution >= 4 is 5.69 Å². The largest absolute Gasteiger partial charge is 0.491 e. The second kappa shape index (κ2) is 6.80. The van der Waals surface area contributed by atoms with Gasteiger partial charge in [0, 0.05) is 19.3 Å². The van der Waals surface area contributed by atoms with Gasteiger partial charge in [-0.05, 0) is 56.5 Å². The van der Waals surface area contributed by atoms with Crippen molar-refractivity contribution in [1.29, 1.82) is 0 Å². The molecule has 0 heterocycles. The van der Waals surface area contributed by atoms with Crippen LogP contribution in [0.15, 0.2) is 24.3 Å². The maximum atomic E-state index is 5.66. The molecule has 0 aliphatic carbocycles. The average Bonchev–Trinajstić information content (AvgIpc) is 2.28. The quantitative estimate of drug-likeness (QED) is 0.821. The Labute approximate surface area is 117 Å². The van der Waals surface area contributed by atoms with E-state index in [0.717, 1.165) is 25.3 Å². The number of ether oxygens (including phenoxy) is 1. The fourth-order valence-corrected chi connectivity index (χ4v) is 2.25. The molecule has 2 N–H and O–H groups in total. The minimum Gasteiger partial charge on any atom is -0.491 e. The lowest BCUT2D eigenvalue weighted by atomic mass is 9.89. The highest BCUT2D eigenvalue weighted by molar-refractivity contribution is 5.48. The summed E-state index contributed by atoms with van der Waals surface area (Å²) < 4.78 is 5.65. The summed E-state index contributed by atoms with van der Waals surface area (Å²) >= 11 is 0. The van der Waals surface area contributed by atoms with Gasteiger partial charge in [-0.3, -0.25) is 0 Å². The van der Waals surface area contributed by atoms with Gasteiger partial charge in [0.2, 0.25) is 0 Å². The highest BCUT2D eigenvalue weighted by Crippen LogP contribution is 2.25. The second-order valence-corrected chi connectivity index (χ2v) is 6.22. The Balaban J connectivity index is 2.64. The predicted molar refractivity (Wildman–Crippen MR) is 82.9 cm³/mol. The molecular weight excluding hydrogens is 236 g/mol. The molecular formula is C16H28N2O. The molecule has 0 atom stereocenters. The molecule has 0 aliphatic heterocycles. The van der Waals surface area contributed by atoms with Gasteiger partial charge in [-0.25, -0.2) is 0 Å². The maximum absolute atomic E-state index is 5.66. The van der Waals surface area contributed by atoms with Crippen LogP contribution in [0.1, 0.15) is 34.1 Å². The van der Waals surface area contributed by atoms with Gasteiger partial charge in [0.05, 0.1) is 6.10 Å². The van der Waals surface area contributed by atoms with E-state index in [1.807, 2.05) is 26.0 Å². The summed E-state index contributed by atoms with van der Waals surface area (Å²) in [4.78, 5) is 2.27. The molecule has 3 nitrogen and oxygen atoms in total. The molecule has 0 saturated carbocycles. The minimum atomic E-state index is 0.215. The van der Waals surface area contributed by atoms with Crippen molar-refractivity contribution in [3.8, 4) is 5.75 Å². The number of nitrogens with zero attached hydrogens (tertiary/aromatic N) is 1. The SMILES string of the molecule is CC(C)Oc1ccc(N(C)CC(C)(C)CCN)cc1. The van der Waals surface area contributed by atoms with E-state index in [1.54, 1.807) is 0 Å². The number of hydrogen-bond acceptors (Lipinski definition) is 3. The van der Waals surface area contributed by atoms with Gasteiger partial charge in [-0.2, -0.15) is 0 Å². The Hall–Kier alpha value is -1.22. The Morgan fingerprint density at radius 1 is 1.21 bits per heavy atom. The van der Waals surface area contributed by atoms with Gasteiger partial charge >= 0.3 is 0 Å². The van der Waals surface area contributed by atoms with Gasteiger partial charge in [0.25, 0.3) is 0 Å². The molecule has 0 aromatic heterocycles. The highest BCUT2D eigenvalue weighted by Gasteiger charge is 2.19. The molecule has 0 radical (unpaired) electrons. The zero-order chi connectivity index (χ0) is 14.5. The molecule has 0 fully saturated rings. The first-order valence-corrected chi connectivity index (χ1v) is 7.02. The van der Waals surface area contributed by atoms with Crippen LogP contribution < -0.4 is 15.4 Å². The molecule has 3 heteroatoms. The molecule has 108 valence electrons. The molecule has 1 aromatic rings. The number of anilines is 1. The lowest BCUT2D eigenvalue weighted by Crippen LogP contribution is -2.32. The third-order valence-electron chi connectivity index (χ3n) is 3.14. The fraction of sp³-hybridized carbons (Fsp3) is 0.625. The fourth-order valence-electron chi connectivity index (χ4n) is 2.25. The molecule has 1 aromatic carbocycles. The third kappa shape index (κ3) is 5.52. The first-order chi connectivity index (χ1) is 8.84. The molecule has 0 amide bonds. The van der Waals surface area contributed by atoms with E-state index >= 15 is 0 Å². The van der Waals surface area contributed by atoms with E-state index in [-0.39, 0.29) is 11.5 Å². The van der Waals surface area contributed by atoms with E-state index in [2.05, 4.69) is 37.9 Å². The van der Waals surface area contributed by atoms with Crippen LogP contribution in [0.2, 0.25) is 0 Å². The summed E-state index contributed by atoms with van der Waals surface area (Å²) in [5.74, 6) is 0.924. The second-order valence-electron chi connectivity index (χ2n) is 6.22. The Morgan fingerprint density at radius 3 is 2.26 bits per heavy atom. The van der Waals surface area contributed by atoms with Crippen LogP contribution in [-0.2, 0) is 0 Å². The van der Waals surface area contributed by atoms with Gasteiger partial charge < -0.3 is 15.4 Å². The first kappa shape index (κ1) is 15.8. The minimum absolute atomic E-state index is 0.215. The van der Waals surface area contributed by atoms with Gasteiger partial charge in [0.1, 0.15) is 5.75 Å². The van der Waals surface area contributed by atoms with Gasteiger partial charge in [0.15, 0.2) is 0 Å². The van der Waals surface area contributed by atoms with Crippen molar-refractivity contribution in [2.24, 2.45) is 11.1 Å². The van der Waals surface area contributed by atoms with Crippen molar-refractivity contribution in [3.63, 3.8) is 0 Å². The zero-order valence-corrected chi connectivity index (χ0v) is 12.9. The smallest absolute Gasteiger partial charge is 0.119 e. The summed E-state index contributed by atoms with van der Waals surface area (Å²) in [6.07, 6.45) is 1.25. The van der Waals surface area contributed by atoms with E-state index in [9.17, 15) is 0 Å². The lowest BCUT2D eigenvalue weighted by Gasteiger charge is -2.31. The third-order valence-corrected chi connectivity index (χ3v) is 3.14. The summed E-state index contributed by atoms with van der Waals surface area (Å²) in [6.45, 7) is 10.3. The summed E-state index contributed by atoms with van der Waals surface area (Å²) in [6, 6.07) is 8.27. The van der Waals surface area contributed by atoms with Crippen LogP contribution in [0.25, 0.3) is 0 Å². The highest BCUT2D eigenvalue weighted by atomic mass is 16.5. The number of rotatable bonds is 7. The molecule has 19 heavy (non-hydrogen) atoms. The molecule has 0 unspecified atom stereocenters. The van der Waals surface area contributed by atoms with E-state index in [1.165, 1.54) is 5.69 Å². The Bertz CT molecular complexity index is 371. The average molecular weight is 264 g/mol. The number of hydrogen-bond donors (Lipinski definition) is 1. The van der Waals surface area contributed by atoms with Crippen molar-refractivity contribution in [1.82, 2.24) is 0 Å². The van der Waals surface area contributed by atoms with Crippen LogP contribution in [0.3, 0.4) is 0 Å². The first-order valence-electron chi connectivity index (χ1n) is 7.02. The zero-order valence-electron chi connectivity index (χ0n) is 12.9. The van der Waals surface area contributed by atoms with Crippen LogP contribution in [0, 0.1) is 5.41 Å². The number of nitrogens with two attached hydrogens (primary N) is 1. The van der Waals surface area contributed by atoms with Crippen molar-refractivity contribution in [2.45, 2.75) is 40.2 Å². The topological polar surface area (TPSA) is 38.5 Å². The Morgan fingerprint density at radius 2 is 1.79 bits per heavy atom. The standard InChI is InChI=1S/C16H28N2O/c1-13(2)19-15-8-6-14(7-9-15)18(5)12-16(3,4)10-11-17/h6-9,13H,10-12,17H2,1-5H3. The summed E-state index contributed by atoms with van der Waals surface area (Å²) in [5, 5.41) is 0. The maximum Gasteiger partial charge on any atom is 0.119 e. The van der Waals surface area contributed by atoms with Crippen molar-refractivity contribution in [2.75, 3.05) is 25.0 Å². The normalized spacial score (nSPS) is 11.7. The van der Waals surface area contributed by atoms with Crippen molar-refractivity contribution < 1.29 is 4.74 Å². The molecule has 0 aliphatic rings. The molecule has 0 saturated heterocycles. The summed E-state index contributed by atoms with van der Waals surface area (Å²) in [7, 11) is 2.12. The van der Waals surface area contributed by atoms with E-state index in [0.29, 0.717) is 0 Å². The van der Waals surface area contributed by atoms with E-state index < -0.39 is 0 Å². The predicted octanol–water partition coefficient (Wildman–Crippen LogP) is 3.29. The molecule has 0 spiro atoms. The van der Waals surface area contributed by atoms with Crippen molar-refractivity contribution in [3.05, 3.63) is 24.3 Å². The lowest BCUT2D eigenvalue weighted by molar-refractivity contribution is 0.242. The monoisotopic (exact) mass is 264 g/mol. The van der Waals surface area contributed by atoms with Crippen LogP contribution >= 0.6 is 0 Å². The van der Waals surface area contributed by atoms with Crippen LogP contribution in [0.5, 0.6) is 5.75 Å². The summed E-state index contributed by atoms with van der Waals surface area (Å²) in [5.41, 5.74) is 7.10. The van der Waals surface area contributed by atoms with Gasteiger partial charge in [-0.15, -0.1) is 0 Å². The van der Waals surface area contributed by atoms with Crippen LogP contribution in [-0.4, -0.2) is 26.2 Å². The number of benzene rings is 1. The van der Waals surface area contributed by atoms with E-state index in [4.69, 9.17) is 10.5 Å². The molecule has 1 rings (SSSR count).